The summed E-state index contributed by atoms with van der Waals surface area (Å²) < 4.78 is 22.8. The van der Waals surface area contributed by atoms with Crippen LogP contribution in [-0.2, 0) is 47.7 Å². The Hall–Kier alpha value is -3.86. The number of aliphatic hydroxyl groups is 4. The number of ether oxygens (including phenoxy) is 4. The number of rotatable bonds is 35. The van der Waals surface area contributed by atoms with Gasteiger partial charge in [0.25, 0.3) is 0 Å². The third kappa shape index (κ3) is 33.2. The fourth-order valence-corrected chi connectivity index (χ4v) is 8.51. The van der Waals surface area contributed by atoms with Crippen LogP contribution in [0.3, 0.4) is 0 Å². The molecule has 2 heterocycles. The lowest BCUT2D eigenvalue weighted by molar-refractivity contribution is -0.140. The molecule has 0 amide bonds. The topological polar surface area (TPSA) is 371 Å². The molecule has 430 valence electrons. The van der Waals surface area contributed by atoms with Crippen molar-refractivity contribution in [1.29, 1.82) is 0 Å². The fourth-order valence-electron chi connectivity index (χ4n) is 8.51. The molecular weight excluding hydrogens is 987 g/mol. The molecule has 0 aromatic heterocycles. The molecule has 0 aromatic rings. The quantitative estimate of drug-likeness (QED) is 0.0264. The molecule has 2 unspecified atom stereocenters. The van der Waals surface area contributed by atoms with E-state index in [4.69, 9.17) is 18.9 Å². The predicted molar refractivity (Wildman–Crippen MR) is 262 cm³/mol. The first-order valence-corrected chi connectivity index (χ1v) is 25.1. The van der Waals surface area contributed by atoms with Gasteiger partial charge in [-0.15, -0.1) is 0 Å². The molecule has 2 aliphatic rings. The molecule has 29 heteroatoms. The van der Waals surface area contributed by atoms with Crippen molar-refractivity contribution in [3.8, 4) is 0 Å². The average molecular weight is 1070 g/mol. The number of aliphatic carboxylic acids is 6. The molecule has 74 heavy (non-hydrogen) atoms. The van der Waals surface area contributed by atoms with Gasteiger partial charge in [-0.2, -0.15) is 0 Å². The van der Waals surface area contributed by atoms with E-state index in [2.05, 4.69) is 0 Å². The zero-order valence-electron chi connectivity index (χ0n) is 42.8. The van der Waals surface area contributed by atoms with Gasteiger partial charge in [-0.1, -0.05) is 0 Å². The summed E-state index contributed by atoms with van der Waals surface area (Å²) in [5, 5.41) is 100. The molecule has 0 aromatic carbocycles. The van der Waals surface area contributed by atoms with Crippen LogP contribution in [0.1, 0.15) is 0 Å². The summed E-state index contributed by atoms with van der Waals surface area (Å²) in [6.07, 6.45) is -2.27. The number of nitrogens with zero attached hydrogens (tertiary/aromatic N) is 9. The number of aliphatic hydroxyl groups excluding tert-OH is 4. The molecule has 2 fully saturated rings. The van der Waals surface area contributed by atoms with Gasteiger partial charge >= 0.3 is 35.8 Å². The van der Waals surface area contributed by atoms with E-state index in [1.165, 1.54) is 0 Å². The van der Waals surface area contributed by atoms with E-state index in [9.17, 15) is 79.8 Å². The molecule has 0 spiro atoms. The standard InChI is InChI=1S/C45H85N9O20/c55-17-19-71-21-23-73-35-37(36-74-24-22-72-20-18-56)54(27-38(57)25-46-1-5-48(29-40(59)60)9-13-52(33-44(67)68)14-10-49(6-2-46)30-41(61)62)28-39(58)26-47-3-7-50(31-42(63)64)11-15-53(34-45(69)70)16-12-51(8-4-47)32-43(65)66/h37-39,55-58H,1-36H2,(H,59,60)(H,61,62)(H,63,64)(H,65,66)(H,67,68)(H,69,70). The smallest absolute Gasteiger partial charge is 0.317 e. The first kappa shape index (κ1) is 66.3. The Bertz CT molecular complexity index is 1420. The zero-order valence-corrected chi connectivity index (χ0v) is 42.8. The van der Waals surface area contributed by atoms with E-state index >= 15 is 0 Å². The lowest BCUT2D eigenvalue weighted by atomic mass is 10.1. The highest BCUT2D eigenvalue weighted by Gasteiger charge is 2.29. The van der Waals surface area contributed by atoms with E-state index in [1.807, 2.05) is 9.80 Å². The highest BCUT2D eigenvalue weighted by atomic mass is 16.5. The zero-order chi connectivity index (χ0) is 54.7. The van der Waals surface area contributed by atoms with E-state index in [-0.39, 0.29) is 236 Å². The fraction of sp³-hybridized carbons (Fsp3) is 0.867. The lowest BCUT2D eigenvalue weighted by Gasteiger charge is -2.38. The summed E-state index contributed by atoms with van der Waals surface area (Å²) >= 11 is 0. The molecular formula is C45H85N9O20. The number of β-amino-alcohol motifs (C(OH)–C–C–N with tert-alkyl or cyclic N) is 2. The predicted octanol–water partition coefficient (Wildman–Crippen LogP) is -6.62. The molecule has 0 radical (unpaired) electrons. The van der Waals surface area contributed by atoms with Crippen LogP contribution in [-0.4, -0.2) is 385 Å². The summed E-state index contributed by atoms with van der Waals surface area (Å²) in [5.41, 5.74) is 0. The van der Waals surface area contributed by atoms with E-state index < -0.39 is 54.1 Å². The van der Waals surface area contributed by atoms with Crippen LogP contribution in [0.25, 0.3) is 0 Å². The first-order chi connectivity index (χ1) is 35.3. The first-order valence-electron chi connectivity index (χ1n) is 25.1. The Morgan fingerprint density at radius 3 is 0.784 bits per heavy atom. The summed E-state index contributed by atoms with van der Waals surface area (Å²) in [7, 11) is 0. The van der Waals surface area contributed by atoms with Gasteiger partial charge in [0.2, 0.25) is 0 Å². The van der Waals surface area contributed by atoms with Gasteiger partial charge in [0.05, 0.1) is 124 Å². The third-order valence-electron chi connectivity index (χ3n) is 12.2. The van der Waals surface area contributed by atoms with Gasteiger partial charge in [0.1, 0.15) is 0 Å². The van der Waals surface area contributed by atoms with Crippen molar-refractivity contribution >= 4 is 35.8 Å². The van der Waals surface area contributed by atoms with Crippen molar-refractivity contribution in [1.82, 2.24) is 44.1 Å². The number of hydrogen-bond acceptors (Lipinski definition) is 23. The minimum absolute atomic E-state index is 0.0207. The molecule has 2 aliphatic heterocycles. The maximum Gasteiger partial charge on any atom is 0.317 e. The highest BCUT2D eigenvalue weighted by Crippen LogP contribution is 2.11. The van der Waals surface area contributed by atoms with Crippen molar-refractivity contribution in [2.45, 2.75) is 18.2 Å². The Morgan fingerprint density at radius 1 is 0.351 bits per heavy atom. The highest BCUT2D eigenvalue weighted by molar-refractivity contribution is 5.70. The number of hydrogen-bond donors (Lipinski definition) is 10. The molecule has 0 saturated carbocycles. The van der Waals surface area contributed by atoms with E-state index in [0.29, 0.717) is 0 Å². The third-order valence-corrected chi connectivity index (χ3v) is 12.2. The molecule has 2 saturated heterocycles. The van der Waals surface area contributed by atoms with E-state index in [1.54, 1.807) is 34.3 Å². The normalized spacial score (nSPS) is 19.1. The molecule has 0 bridgehead atoms. The van der Waals surface area contributed by atoms with Crippen molar-refractivity contribution < 1.29 is 98.8 Å². The molecule has 0 aliphatic carbocycles. The molecule has 10 N–H and O–H groups in total. The Labute approximate surface area is 432 Å². The van der Waals surface area contributed by atoms with E-state index in [0.717, 1.165) is 0 Å². The van der Waals surface area contributed by atoms with Crippen molar-refractivity contribution in [3.05, 3.63) is 0 Å². The maximum atomic E-state index is 12.0. The van der Waals surface area contributed by atoms with Crippen molar-refractivity contribution in [2.75, 3.05) is 236 Å². The van der Waals surface area contributed by atoms with Gasteiger partial charge in [-0.05, 0) is 0 Å². The second kappa shape index (κ2) is 39.5. The Kier molecular flexibility index (Phi) is 35.4. The molecule has 2 rings (SSSR count). The van der Waals surface area contributed by atoms with Crippen molar-refractivity contribution in [3.63, 3.8) is 0 Å². The average Bonchev–Trinajstić information content (AvgIpc) is 3.31. The minimum atomic E-state index is -1.14. The Balaban J connectivity index is 2.49. The second-order valence-corrected chi connectivity index (χ2v) is 18.4. The van der Waals surface area contributed by atoms with Crippen LogP contribution >= 0.6 is 0 Å². The van der Waals surface area contributed by atoms with Gasteiger partial charge in [-0.25, -0.2) is 0 Å². The number of carboxylic acid groups (broad SMARTS) is 6. The van der Waals surface area contributed by atoms with Crippen LogP contribution in [0.2, 0.25) is 0 Å². The Morgan fingerprint density at radius 2 is 0.568 bits per heavy atom. The lowest BCUT2D eigenvalue weighted by Crippen LogP contribution is -2.54. The van der Waals surface area contributed by atoms with Gasteiger partial charge in [0, 0.05) is 131 Å². The number of carboxylic acids is 6. The number of carbonyl (C=O) groups is 6. The molecule has 2 atom stereocenters. The van der Waals surface area contributed by atoms with Crippen LogP contribution in [0.5, 0.6) is 0 Å². The maximum absolute atomic E-state index is 12.0. The minimum Gasteiger partial charge on any atom is -0.480 e. The summed E-state index contributed by atoms with van der Waals surface area (Å²) in [4.78, 5) is 86.5. The van der Waals surface area contributed by atoms with Crippen molar-refractivity contribution in [2.24, 2.45) is 0 Å². The van der Waals surface area contributed by atoms with Gasteiger partial charge in [-0.3, -0.25) is 72.9 Å². The van der Waals surface area contributed by atoms with Gasteiger partial charge in [0.15, 0.2) is 0 Å². The molecule has 29 nitrogen and oxygen atoms in total. The van der Waals surface area contributed by atoms with Crippen LogP contribution in [0.15, 0.2) is 0 Å². The SMILES string of the molecule is O=C(O)CN1CCN(CC(=O)O)CCN(CC(O)CN(CC(O)CN2CCN(CC(=O)O)CCN(CC(=O)O)CCN(CC(=O)O)CC2)C(COCCOCCO)COCCOCCO)CCN(CC(=O)O)CC1. The van der Waals surface area contributed by atoms with Gasteiger partial charge < -0.3 is 70.0 Å². The summed E-state index contributed by atoms with van der Waals surface area (Å²) in [5.74, 6) is -6.50. The summed E-state index contributed by atoms with van der Waals surface area (Å²) in [6, 6.07) is -0.621. The van der Waals surface area contributed by atoms with Crippen LogP contribution in [0.4, 0.5) is 0 Å². The largest absolute Gasteiger partial charge is 0.480 e. The van der Waals surface area contributed by atoms with Crippen LogP contribution in [0, 0.1) is 0 Å². The van der Waals surface area contributed by atoms with Crippen LogP contribution < -0.4 is 0 Å². The monoisotopic (exact) mass is 1070 g/mol. The second-order valence-electron chi connectivity index (χ2n) is 18.4. The summed E-state index contributed by atoms with van der Waals surface area (Å²) in [6.45, 7) is 1.85.